The summed E-state index contributed by atoms with van der Waals surface area (Å²) in [6, 6.07) is 14.0. The van der Waals surface area contributed by atoms with E-state index in [0.29, 0.717) is 24.2 Å². The average Bonchev–Trinajstić information content (AvgIpc) is 3.18. The Morgan fingerprint density at radius 2 is 2.08 bits per heavy atom. The summed E-state index contributed by atoms with van der Waals surface area (Å²) in [5, 5.41) is 8.99. The second-order valence-corrected chi connectivity index (χ2v) is 7.27. The number of rotatable bonds is 3. The average molecular weight is 366 g/mol. The molecule has 1 saturated heterocycles. The van der Waals surface area contributed by atoms with Crippen molar-refractivity contribution in [2.24, 2.45) is 0 Å². The summed E-state index contributed by atoms with van der Waals surface area (Å²) in [5.41, 5.74) is 1.14. The van der Waals surface area contributed by atoms with Gasteiger partial charge in [-0.1, -0.05) is 23.9 Å². The van der Waals surface area contributed by atoms with Crippen LogP contribution in [-0.4, -0.2) is 23.9 Å². The molecule has 2 heterocycles. The maximum Gasteiger partial charge on any atom is 0.349 e. The predicted octanol–water partition coefficient (Wildman–Crippen LogP) is 3.10. The first-order chi connectivity index (χ1) is 12.6. The van der Waals surface area contributed by atoms with E-state index in [1.807, 2.05) is 30.3 Å². The molecule has 1 fully saturated rings. The first kappa shape index (κ1) is 16.5. The molecular formula is C19H14N2O4S. The van der Waals surface area contributed by atoms with Crippen molar-refractivity contribution in [2.45, 2.75) is 22.6 Å². The van der Waals surface area contributed by atoms with Gasteiger partial charge >= 0.3 is 5.97 Å². The van der Waals surface area contributed by atoms with Crippen LogP contribution in [0.15, 0.2) is 47.4 Å². The van der Waals surface area contributed by atoms with Gasteiger partial charge in [-0.3, -0.25) is 9.69 Å². The molecule has 26 heavy (non-hydrogen) atoms. The Bertz CT molecular complexity index is 968. The summed E-state index contributed by atoms with van der Waals surface area (Å²) in [4.78, 5) is 26.9. The molecule has 0 aliphatic carbocycles. The zero-order valence-corrected chi connectivity index (χ0v) is 14.7. The quantitative estimate of drug-likeness (QED) is 0.613. The number of nitrogens with zero attached hydrogens (tertiary/aromatic N) is 2. The largest absolute Gasteiger partial charge is 0.493 e. The van der Waals surface area contributed by atoms with E-state index in [2.05, 4.69) is 0 Å². The minimum atomic E-state index is -1.10. The molecule has 7 heteroatoms. The first-order valence-corrected chi connectivity index (χ1v) is 8.82. The van der Waals surface area contributed by atoms with Crippen molar-refractivity contribution in [3.63, 3.8) is 0 Å². The van der Waals surface area contributed by atoms with Crippen LogP contribution in [0.5, 0.6) is 11.5 Å². The number of methoxy groups -OCH3 is 1. The maximum absolute atomic E-state index is 13.1. The van der Waals surface area contributed by atoms with Crippen molar-refractivity contribution in [2.75, 3.05) is 12.0 Å². The molecule has 0 N–H and O–H groups in total. The van der Waals surface area contributed by atoms with Crippen molar-refractivity contribution >= 4 is 29.3 Å². The minimum Gasteiger partial charge on any atom is -0.493 e. The molecule has 0 bridgehead atoms. The van der Waals surface area contributed by atoms with Crippen LogP contribution in [0.25, 0.3) is 0 Å². The van der Waals surface area contributed by atoms with Gasteiger partial charge in [-0.25, -0.2) is 4.79 Å². The Hall–Kier alpha value is -2.98. The lowest BCUT2D eigenvalue weighted by atomic mass is 10.2. The fraction of sp³-hybridized carbons (Fsp3) is 0.211. The van der Waals surface area contributed by atoms with Crippen molar-refractivity contribution in [1.29, 1.82) is 5.26 Å². The van der Waals surface area contributed by atoms with E-state index in [4.69, 9.17) is 14.7 Å². The summed E-state index contributed by atoms with van der Waals surface area (Å²) in [5.74, 6) is -0.0920. The second kappa shape index (κ2) is 6.07. The molecule has 4 rings (SSSR count). The number of anilines is 1. The molecule has 2 aliphatic rings. The SMILES string of the molecule is COc1cc(C#N)ccc1OC(=O)C12CCC(=O)N1c1ccccc1S2. The van der Waals surface area contributed by atoms with Crippen molar-refractivity contribution < 1.29 is 19.1 Å². The van der Waals surface area contributed by atoms with Crippen LogP contribution >= 0.6 is 11.8 Å². The molecule has 2 aromatic carbocycles. The van der Waals surface area contributed by atoms with Gasteiger partial charge in [-0.15, -0.1) is 0 Å². The number of esters is 1. The highest BCUT2D eigenvalue weighted by Crippen LogP contribution is 2.56. The molecule has 2 aromatic rings. The monoisotopic (exact) mass is 366 g/mol. The normalized spacial score (nSPS) is 20.3. The smallest absolute Gasteiger partial charge is 0.349 e. The number of fused-ring (bicyclic) bond motifs is 3. The standard InChI is InChI=1S/C19H14N2O4S/c1-24-15-10-12(11-20)6-7-14(15)25-18(23)19-9-8-17(22)21(19)13-4-2-3-5-16(13)26-19/h2-7,10H,8-9H2,1H3. The van der Waals surface area contributed by atoms with Gasteiger partial charge in [-0.05, 0) is 24.3 Å². The van der Waals surface area contributed by atoms with Gasteiger partial charge in [0.05, 0.1) is 24.4 Å². The minimum absolute atomic E-state index is 0.0915. The zero-order chi connectivity index (χ0) is 18.3. The van der Waals surface area contributed by atoms with E-state index in [0.717, 1.165) is 10.6 Å². The van der Waals surface area contributed by atoms with E-state index in [9.17, 15) is 9.59 Å². The topological polar surface area (TPSA) is 79.6 Å². The van der Waals surface area contributed by atoms with Crippen LogP contribution in [0, 0.1) is 11.3 Å². The highest BCUT2D eigenvalue weighted by molar-refractivity contribution is 8.02. The zero-order valence-electron chi connectivity index (χ0n) is 13.9. The molecule has 2 aliphatic heterocycles. The number of carbonyl (C=O) groups is 2. The number of hydrogen-bond acceptors (Lipinski definition) is 6. The number of amides is 1. The van der Waals surface area contributed by atoms with Gasteiger partial charge in [-0.2, -0.15) is 5.26 Å². The van der Waals surface area contributed by atoms with Crippen LogP contribution in [0.1, 0.15) is 18.4 Å². The molecule has 0 radical (unpaired) electrons. The number of carbonyl (C=O) groups excluding carboxylic acids is 2. The summed E-state index contributed by atoms with van der Waals surface area (Å²) in [6.07, 6.45) is 0.670. The van der Waals surface area contributed by atoms with E-state index >= 15 is 0 Å². The van der Waals surface area contributed by atoms with Crippen LogP contribution < -0.4 is 14.4 Å². The third-order valence-electron chi connectivity index (χ3n) is 4.49. The Balaban J connectivity index is 1.69. The van der Waals surface area contributed by atoms with Crippen LogP contribution in [0.3, 0.4) is 0 Å². The van der Waals surface area contributed by atoms with Gasteiger partial charge < -0.3 is 9.47 Å². The van der Waals surface area contributed by atoms with Crippen LogP contribution in [0.2, 0.25) is 0 Å². The van der Waals surface area contributed by atoms with Crippen LogP contribution in [-0.2, 0) is 9.59 Å². The molecule has 130 valence electrons. The van der Waals surface area contributed by atoms with Crippen LogP contribution in [0.4, 0.5) is 5.69 Å². The van der Waals surface area contributed by atoms with Gasteiger partial charge in [0.15, 0.2) is 16.4 Å². The highest BCUT2D eigenvalue weighted by Gasteiger charge is 2.58. The molecule has 0 spiro atoms. The van der Waals surface area contributed by atoms with Gasteiger partial charge in [0.2, 0.25) is 5.91 Å². The lowest BCUT2D eigenvalue weighted by Gasteiger charge is -2.28. The third kappa shape index (κ3) is 2.34. The Morgan fingerprint density at radius 1 is 1.27 bits per heavy atom. The lowest BCUT2D eigenvalue weighted by molar-refractivity contribution is -0.137. The van der Waals surface area contributed by atoms with Gasteiger partial charge in [0.25, 0.3) is 0 Å². The Morgan fingerprint density at radius 3 is 2.85 bits per heavy atom. The number of nitriles is 1. The molecule has 1 unspecified atom stereocenters. The predicted molar refractivity (Wildman–Crippen MR) is 95.1 cm³/mol. The molecule has 1 atom stereocenters. The first-order valence-electron chi connectivity index (χ1n) is 8.00. The van der Waals surface area contributed by atoms with E-state index in [1.165, 1.54) is 31.0 Å². The second-order valence-electron chi connectivity index (χ2n) is 5.95. The van der Waals surface area contributed by atoms with Crippen molar-refractivity contribution in [3.8, 4) is 17.6 Å². The Kier molecular flexibility index (Phi) is 3.85. The fourth-order valence-corrected chi connectivity index (χ4v) is 4.67. The number of ether oxygens (including phenoxy) is 2. The number of benzene rings is 2. The number of hydrogen-bond donors (Lipinski definition) is 0. The third-order valence-corrected chi connectivity index (χ3v) is 5.94. The summed E-state index contributed by atoms with van der Waals surface area (Å²) >= 11 is 1.34. The molecular weight excluding hydrogens is 352 g/mol. The fourth-order valence-electron chi connectivity index (χ4n) is 3.27. The lowest BCUT2D eigenvalue weighted by Crippen LogP contribution is -2.48. The molecule has 0 aromatic heterocycles. The maximum atomic E-state index is 13.1. The highest BCUT2D eigenvalue weighted by atomic mass is 32.2. The molecule has 6 nitrogen and oxygen atoms in total. The summed E-state index contributed by atoms with van der Waals surface area (Å²) in [7, 11) is 1.44. The van der Waals surface area contributed by atoms with Gasteiger partial charge in [0.1, 0.15) is 0 Å². The van der Waals surface area contributed by atoms with E-state index in [1.54, 1.807) is 11.0 Å². The van der Waals surface area contributed by atoms with Crippen molar-refractivity contribution in [1.82, 2.24) is 0 Å². The number of thioether (sulfide) groups is 1. The summed E-state index contributed by atoms with van der Waals surface area (Å²) < 4.78 is 10.8. The van der Waals surface area contributed by atoms with E-state index in [-0.39, 0.29) is 11.7 Å². The molecule has 1 amide bonds. The summed E-state index contributed by atoms with van der Waals surface area (Å²) in [6.45, 7) is 0. The van der Waals surface area contributed by atoms with Gasteiger partial charge in [0, 0.05) is 23.8 Å². The molecule has 0 saturated carbocycles. The van der Waals surface area contributed by atoms with E-state index < -0.39 is 10.8 Å². The van der Waals surface area contributed by atoms with Crippen molar-refractivity contribution in [3.05, 3.63) is 48.0 Å². The Labute approximate surface area is 154 Å². The number of para-hydroxylation sites is 1.